The van der Waals surface area contributed by atoms with E-state index < -0.39 is 11.5 Å². The average Bonchev–Trinajstić information content (AvgIpc) is 2.31. The Balaban J connectivity index is 2.92. The first-order chi connectivity index (χ1) is 8.10. The van der Waals surface area contributed by atoms with Crippen LogP contribution >= 0.6 is 22.6 Å². The molecular formula is C11H11IN2O3. The van der Waals surface area contributed by atoms with E-state index in [2.05, 4.69) is 43.8 Å². The molecule has 0 saturated heterocycles. The highest BCUT2D eigenvalue weighted by Crippen LogP contribution is 2.09. The predicted octanol–water partition coefficient (Wildman–Crippen LogP) is 0.837. The molecule has 0 aliphatic carbocycles. The van der Waals surface area contributed by atoms with Crippen molar-refractivity contribution >= 4 is 28.5 Å². The second kappa shape index (κ2) is 6.42. The third kappa shape index (κ3) is 3.57. The van der Waals surface area contributed by atoms with Crippen molar-refractivity contribution < 1.29 is 9.63 Å². The average molecular weight is 346 g/mol. The summed E-state index contributed by atoms with van der Waals surface area (Å²) in [5.41, 5.74) is 2.47. The second-order valence-electron chi connectivity index (χ2n) is 3.12. The molecule has 1 rings (SSSR count). The minimum atomic E-state index is -0.609. The van der Waals surface area contributed by atoms with Crippen LogP contribution < -0.4 is 11.0 Å². The molecule has 17 heavy (non-hydrogen) atoms. The summed E-state index contributed by atoms with van der Waals surface area (Å²) in [6, 6.07) is 1.52. The largest absolute Gasteiger partial charge is 0.324 e. The van der Waals surface area contributed by atoms with Crippen LogP contribution in [0.2, 0.25) is 0 Å². The Kier molecular flexibility index (Phi) is 5.18. The maximum absolute atomic E-state index is 11.6. The van der Waals surface area contributed by atoms with E-state index in [0.29, 0.717) is 6.42 Å². The van der Waals surface area contributed by atoms with Crippen LogP contribution in [0.1, 0.15) is 23.0 Å². The molecule has 0 radical (unpaired) electrons. The normalized spacial score (nSPS) is 9.71. The quantitative estimate of drug-likeness (QED) is 0.367. The molecule has 0 aromatic carbocycles. The van der Waals surface area contributed by atoms with Gasteiger partial charge in [-0.15, -0.1) is 6.42 Å². The lowest BCUT2D eigenvalue weighted by Crippen LogP contribution is -2.30. The van der Waals surface area contributed by atoms with E-state index in [-0.39, 0.29) is 12.2 Å². The maximum atomic E-state index is 11.6. The Morgan fingerprint density at radius 3 is 3.00 bits per heavy atom. The van der Waals surface area contributed by atoms with E-state index in [4.69, 9.17) is 6.42 Å². The topological polar surface area (TPSA) is 71.2 Å². The fourth-order valence-electron chi connectivity index (χ4n) is 1.17. The van der Waals surface area contributed by atoms with Crippen LogP contribution in [-0.2, 0) is 11.3 Å². The van der Waals surface area contributed by atoms with Crippen LogP contribution in [0.5, 0.6) is 0 Å². The van der Waals surface area contributed by atoms with Crippen LogP contribution in [0.25, 0.3) is 0 Å². The van der Waals surface area contributed by atoms with Crippen LogP contribution in [0.4, 0.5) is 0 Å². The number of pyridine rings is 1. The van der Waals surface area contributed by atoms with E-state index in [1.807, 2.05) is 6.92 Å². The van der Waals surface area contributed by atoms with Gasteiger partial charge in [-0.05, 0) is 35.1 Å². The van der Waals surface area contributed by atoms with Gasteiger partial charge < -0.3 is 4.98 Å². The van der Waals surface area contributed by atoms with Crippen molar-refractivity contribution in [3.8, 4) is 12.3 Å². The SMILES string of the molecule is C#CCONC(=O)c1cc(I)c(CC)[nH]c1=O. The molecule has 1 amide bonds. The van der Waals surface area contributed by atoms with Crippen LogP contribution in [0.3, 0.4) is 0 Å². The van der Waals surface area contributed by atoms with E-state index in [0.717, 1.165) is 9.26 Å². The van der Waals surface area contributed by atoms with E-state index >= 15 is 0 Å². The van der Waals surface area contributed by atoms with Crippen molar-refractivity contribution in [2.75, 3.05) is 6.61 Å². The first-order valence-electron chi connectivity index (χ1n) is 4.87. The Bertz CT molecular complexity index is 516. The summed E-state index contributed by atoms with van der Waals surface area (Å²) in [5.74, 6) is 1.59. The number of aromatic amines is 1. The number of rotatable bonds is 4. The molecule has 0 bridgehead atoms. The van der Waals surface area contributed by atoms with Gasteiger partial charge in [0.25, 0.3) is 11.5 Å². The van der Waals surface area contributed by atoms with Crippen molar-refractivity contribution in [2.24, 2.45) is 0 Å². The Morgan fingerprint density at radius 2 is 2.41 bits per heavy atom. The van der Waals surface area contributed by atoms with Gasteiger partial charge in [0.15, 0.2) is 0 Å². The van der Waals surface area contributed by atoms with Gasteiger partial charge >= 0.3 is 0 Å². The van der Waals surface area contributed by atoms with Gasteiger partial charge in [0.05, 0.1) is 0 Å². The third-order valence-electron chi connectivity index (χ3n) is 1.99. The monoisotopic (exact) mass is 346 g/mol. The molecule has 2 N–H and O–H groups in total. The highest BCUT2D eigenvalue weighted by Gasteiger charge is 2.13. The number of carbonyl (C=O) groups is 1. The zero-order valence-corrected chi connectivity index (χ0v) is 11.3. The van der Waals surface area contributed by atoms with Crippen molar-refractivity contribution in [3.05, 3.63) is 31.2 Å². The lowest BCUT2D eigenvalue weighted by molar-refractivity contribution is 0.0436. The van der Waals surface area contributed by atoms with Crippen molar-refractivity contribution in [2.45, 2.75) is 13.3 Å². The number of hydroxylamine groups is 1. The highest BCUT2D eigenvalue weighted by molar-refractivity contribution is 14.1. The molecule has 1 aromatic rings. The molecule has 0 saturated carbocycles. The lowest BCUT2D eigenvalue weighted by Gasteiger charge is -2.05. The minimum Gasteiger partial charge on any atom is -0.324 e. The molecule has 0 fully saturated rings. The smallest absolute Gasteiger partial charge is 0.280 e. The number of halogens is 1. The van der Waals surface area contributed by atoms with E-state index in [9.17, 15) is 9.59 Å². The first kappa shape index (κ1) is 13.7. The lowest BCUT2D eigenvalue weighted by atomic mass is 10.2. The number of amides is 1. The van der Waals surface area contributed by atoms with Gasteiger partial charge in [-0.25, -0.2) is 5.48 Å². The molecule has 1 aromatic heterocycles. The fourth-order valence-corrected chi connectivity index (χ4v) is 2.00. The summed E-state index contributed by atoms with van der Waals surface area (Å²) in [7, 11) is 0. The molecule has 0 spiro atoms. The zero-order chi connectivity index (χ0) is 12.8. The van der Waals surface area contributed by atoms with Gasteiger partial charge in [0.1, 0.15) is 12.2 Å². The number of aryl methyl sites for hydroxylation is 1. The summed E-state index contributed by atoms with van der Waals surface area (Å²) in [6.45, 7) is 1.87. The van der Waals surface area contributed by atoms with E-state index in [1.54, 1.807) is 0 Å². The molecular weight excluding hydrogens is 335 g/mol. The molecule has 0 atom stereocenters. The fraction of sp³-hybridized carbons (Fsp3) is 0.273. The summed E-state index contributed by atoms with van der Waals surface area (Å²) < 4.78 is 0.826. The molecule has 1 heterocycles. The first-order valence-corrected chi connectivity index (χ1v) is 5.95. The Labute approximate surface area is 112 Å². The van der Waals surface area contributed by atoms with Gasteiger partial charge in [-0.3, -0.25) is 14.4 Å². The summed E-state index contributed by atoms with van der Waals surface area (Å²) in [4.78, 5) is 30.5. The standard InChI is InChI=1S/C11H11IN2O3/c1-3-5-17-14-11(16)7-6-8(12)9(4-2)13-10(7)15/h1,6H,4-5H2,2H3,(H,13,15)(H,14,16). The summed E-state index contributed by atoms with van der Waals surface area (Å²) in [5, 5.41) is 0. The number of aromatic nitrogens is 1. The molecule has 5 nitrogen and oxygen atoms in total. The highest BCUT2D eigenvalue weighted by atomic mass is 127. The van der Waals surface area contributed by atoms with Crippen LogP contribution in [0, 0.1) is 15.9 Å². The molecule has 0 aliphatic rings. The Morgan fingerprint density at radius 1 is 1.71 bits per heavy atom. The van der Waals surface area contributed by atoms with Gasteiger partial charge in [-0.1, -0.05) is 12.8 Å². The number of hydrogen-bond donors (Lipinski definition) is 2. The van der Waals surface area contributed by atoms with Crippen LogP contribution in [0.15, 0.2) is 10.9 Å². The second-order valence-corrected chi connectivity index (χ2v) is 4.28. The maximum Gasteiger partial charge on any atom is 0.280 e. The van der Waals surface area contributed by atoms with Gasteiger partial charge in [0, 0.05) is 9.26 Å². The molecule has 0 unspecified atom stereocenters. The molecule has 0 aliphatic heterocycles. The summed E-state index contributed by atoms with van der Waals surface area (Å²) in [6.07, 6.45) is 5.65. The van der Waals surface area contributed by atoms with Crippen LogP contribution in [-0.4, -0.2) is 17.5 Å². The minimum absolute atomic E-state index is 0.00335. The number of H-pyrrole nitrogens is 1. The van der Waals surface area contributed by atoms with Gasteiger partial charge in [-0.2, -0.15) is 0 Å². The van der Waals surface area contributed by atoms with Gasteiger partial charge in [0.2, 0.25) is 0 Å². The van der Waals surface area contributed by atoms with Crippen molar-refractivity contribution in [1.82, 2.24) is 10.5 Å². The predicted molar refractivity (Wildman–Crippen MR) is 71.4 cm³/mol. The summed E-state index contributed by atoms with van der Waals surface area (Å²) >= 11 is 2.06. The van der Waals surface area contributed by atoms with Crippen molar-refractivity contribution in [1.29, 1.82) is 0 Å². The number of hydrogen-bond acceptors (Lipinski definition) is 3. The van der Waals surface area contributed by atoms with Crippen molar-refractivity contribution in [3.63, 3.8) is 0 Å². The number of nitrogens with one attached hydrogen (secondary N) is 2. The molecule has 90 valence electrons. The number of carbonyl (C=O) groups excluding carboxylic acids is 1. The van der Waals surface area contributed by atoms with E-state index in [1.165, 1.54) is 6.07 Å². The zero-order valence-electron chi connectivity index (χ0n) is 9.17. The molecule has 6 heteroatoms. The Hall–Kier alpha value is -1.33. The third-order valence-corrected chi connectivity index (χ3v) is 2.95. The number of terminal acetylenes is 1.